The summed E-state index contributed by atoms with van der Waals surface area (Å²) in [5.74, 6) is -0.267. The Morgan fingerprint density at radius 1 is 0.841 bits per heavy atom. The molecule has 63 heavy (non-hydrogen) atoms. The molecule has 4 heterocycles. The molecule has 0 bridgehead atoms. The summed E-state index contributed by atoms with van der Waals surface area (Å²) >= 11 is 1.72. The summed E-state index contributed by atoms with van der Waals surface area (Å²) in [6.45, 7) is 8.17. The van der Waals surface area contributed by atoms with E-state index < -0.39 is 30.5 Å². The molecule has 17 atom stereocenters. The number of aromatic nitrogens is 1. The lowest BCUT2D eigenvalue weighted by Crippen LogP contribution is -2.59. The highest BCUT2D eigenvalue weighted by molar-refractivity contribution is 7.15. The van der Waals surface area contributed by atoms with Gasteiger partial charge in [0.2, 0.25) is 0 Å². The van der Waals surface area contributed by atoms with E-state index in [2.05, 4.69) is 38.9 Å². The van der Waals surface area contributed by atoms with Crippen molar-refractivity contribution in [3.8, 4) is 16.3 Å². The quantitative estimate of drug-likeness (QED) is 0.204. The first-order valence-electron chi connectivity index (χ1n) is 23.3. The number of likely N-dealkylation sites (N-methyl/N-ethyl adjacent to an activating group) is 1. The maximum atomic E-state index is 15.2. The van der Waals surface area contributed by atoms with Gasteiger partial charge in [-0.15, -0.1) is 11.3 Å². The molecule has 3 aliphatic heterocycles. The van der Waals surface area contributed by atoms with E-state index in [1.54, 1.807) is 39.8 Å². The molecule has 14 heteroatoms. The molecule has 2 aromatic rings. The largest absolute Gasteiger partial charge is 0.497 e. The summed E-state index contributed by atoms with van der Waals surface area (Å²) in [7, 11) is 10.8. The lowest BCUT2D eigenvalue weighted by molar-refractivity contribution is -0.314. The van der Waals surface area contributed by atoms with Gasteiger partial charge in [-0.2, -0.15) is 0 Å². The predicted molar refractivity (Wildman–Crippen MR) is 238 cm³/mol. The first-order chi connectivity index (χ1) is 30.4. The number of ketones is 1. The number of carbonyl (C=O) groups is 2. The maximum absolute atomic E-state index is 15.2. The van der Waals surface area contributed by atoms with Crippen LogP contribution in [0.3, 0.4) is 0 Å². The van der Waals surface area contributed by atoms with E-state index in [0.29, 0.717) is 24.5 Å². The Hall–Kier alpha value is -2.79. The fraction of sp³-hybridized carbons (Fsp3) is 0.735. The lowest BCUT2D eigenvalue weighted by Gasteiger charge is -2.44. The molecule has 8 rings (SSSR count). The number of carbonyl (C=O) groups excluding carboxylic acids is 2. The van der Waals surface area contributed by atoms with Crippen LogP contribution in [-0.4, -0.2) is 132 Å². The molecule has 0 radical (unpaired) electrons. The van der Waals surface area contributed by atoms with Gasteiger partial charge in [0.25, 0.3) is 0 Å². The van der Waals surface area contributed by atoms with Crippen molar-refractivity contribution in [3.63, 3.8) is 0 Å². The molecule has 3 saturated heterocycles. The Morgan fingerprint density at radius 3 is 2.25 bits per heavy atom. The van der Waals surface area contributed by atoms with Gasteiger partial charge < -0.3 is 47.5 Å². The normalized spacial score (nSPS) is 39.6. The van der Waals surface area contributed by atoms with E-state index in [0.717, 1.165) is 60.5 Å². The summed E-state index contributed by atoms with van der Waals surface area (Å²) < 4.78 is 56.1. The zero-order valence-corrected chi connectivity index (χ0v) is 39.7. The molecule has 1 aromatic heterocycles. The molecule has 0 spiro atoms. The first kappa shape index (κ1) is 46.7. The van der Waals surface area contributed by atoms with Crippen molar-refractivity contribution in [2.75, 3.05) is 42.5 Å². The standard InChI is InChI=1S/C49H70N2O11S/c1-11-29-13-12-14-38(62-40-20-19-37(51(5)6)26(3)58-40)25(2)43(53)35-23-33-32-21-31(61-49-46(57-10)45(56-9)44(55-8)27(4)59-49)22-36(32)47-42(41(33)34(35)24-39(52)60-29)50-48(63-47)28-15-17-30(54-7)18-16-28/h15-18,23,25-27,29,31-34,36-38,40-41,44-46,49H,11-14,19-22,24H2,1-10H3/t25-,26-,27+,29+,31+,32+,33+,34-,36-,37+,38+,40+,41-,44+,45-,46-,49+/m1/s1. The van der Waals surface area contributed by atoms with Gasteiger partial charge in [-0.05, 0) is 121 Å². The smallest absolute Gasteiger partial charge is 0.306 e. The number of hydrogen-bond acceptors (Lipinski definition) is 14. The molecule has 13 nitrogen and oxygen atoms in total. The summed E-state index contributed by atoms with van der Waals surface area (Å²) in [4.78, 5) is 38.2. The third-order valence-electron chi connectivity index (χ3n) is 15.2. The van der Waals surface area contributed by atoms with Crippen molar-refractivity contribution in [2.45, 2.75) is 165 Å². The van der Waals surface area contributed by atoms with Crippen LogP contribution in [0, 0.1) is 23.7 Å². The minimum absolute atomic E-state index is 0.00403. The minimum atomic E-state index is -0.666. The van der Waals surface area contributed by atoms with Crippen molar-refractivity contribution in [1.29, 1.82) is 0 Å². The van der Waals surface area contributed by atoms with E-state index in [9.17, 15) is 4.79 Å². The molecule has 1 saturated carbocycles. The third-order valence-corrected chi connectivity index (χ3v) is 16.5. The van der Waals surface area contributed by atoms with Crippen LogP contribution in [-0.2, 0) is 47.5 Å². The maximum Gasteiger partial charge on any atom is 0.306 e. The van der Waals surface area contributed by atoms with Gasteiger partial charge in [0.1, 0.15) is 35.2 Å². The van der Waals surface area contributed by atoms with Gasteiger partial charge in [0, 0.05) is 61.5 Å². The van der Waals surface area contributed by atoms with Gasteiger partial charge in [-0.3, -0.25) is 9.59 Å². The molecular weight excluding hydrogens is 825 g/mol. The van der Waals surface area contributed by atoms with Gasteiger partial charge in [0.15, 0.2) is 18.4 Å². The number of fused-ring (bicyclic) bond motifs is 8. The van der Waals surface area contributed by atoms with Crippen molar-refractivity contribution >= 4 is 23.1 Å². The summed E-state index contributed by atoms with van der Waals surface area (Å²) in [5, 5.41) is 0.908. The number of ether oxygens (including phenoxy) is 9. The lowest BCUT2D eigenvalue weighted by atomic mass is 9.67. The number of allylic oxidation sites excluding steroid dienone is 2. The molecule has 0 unspecified atom stereocenters. The number of esters is 1. The Labute approximate surface area is 377 Å². The van der Waals surface area contributed by atoms with E-state index >= 15 is 4.79 Å². The van der Waals surface area contributed by atoms with E-state index in [1.165, 1.54) is 4.88 Å². The first-order valence-corrected chi connectivity index (χ1v) is 24.2. The number of cyclic esters (lactones) is 1. The van der Waals surface area contributed by atoms with E-state index in [-0.39, 0.29) is 84.6 Å². The van der Waals surface area contributed by atoms with Gasteiger partial charge >= 0.3 is 5.97 Å². The fourth-order valence-corrected chi connectivity index (χ4v) is 13.2. The van der Waals surface area contributed by atoms with Crippen LogP contribution in [0.2, 0.25) is 0 Å². The average Bonchev–Trinajstić information content (AvgIpc) is 4.00. The SMILES string of the molecule is CC[C@H]1CCC[C@H](O[C@H]2CC[C@H](N(C)C)[C@@H](C)O2)[C@@H](C)C(=O)C2=C[C@H]3[C@@H]4C[C@H](O[C@@H]5O[C@@H](C)[C@H](OC)[C@@H](OC)[C@H]5OC)C[C@H]4c4sc(-c5ccc(OC)cc5)nc4[C@H]3[C@@H]2CC(=O)O1. The molecule has 1 aromatic carbocycles. The minimum Gasteiger partial charge on any atom is -0.497 e. The van der Waals surface area contributed by atoms with Crippen molar-refractivity contribution in [1.82, 2.24) is 9.88 Å². The molecule has 4 fully saturated rings. The number of thiazole rings is 1. The van der Waals surface area contributed by atoms with Crippen LogP contribution in [0.25, 0.3) is 10.6 Å². The number of methoxy groups -OCH3 is 4. The Bertz CT molecular complexity index is 1920. The van der Waals surface area contributed by atoms with Gasteiger partial charge in [-0.1, -0.05) is 19.9 Å². The van der Waals surface area contributed by atoms with Crippen molar-refractivity contribution < 1.29 is 52.2 Å². The van der Waals surface area contributed by atoms with Crippen LogP contribution >= 0.6 is 11.3 Å². The van der Waals surface area contributed by atoms with Gasteiger partial charge in [-0.25, -0.2) is 4.98 Å². The number of hydrogen-bond donors (Lipinski definition) is 0. The fourth-order valence-electron chi connectivity index (χ4n) is 11.9. The van der Waals surface area contributed by atoms with Crippen LogP contribution in [0.4, 0.5) is 0 Å². The molecule has 3 aliphatic carbocycles. The topological polar surface area (TPSA) is 133 Å². The van der Waals surface area contributed by atoms with Crippen LogP contribution in [0.15, 0.2) is 35.9 Å². The van der Waals surface area contributed by atoms with Crippen molar-refractivity contribution in [3.05, 3.63) is 46.5 Å². The average molecular weight is 895 g/mol. The summed E-state index contributed by atoms with van der Waals surface area (Å²) in [5.41, 5.74) is 2.68. The molecule has 6 aliphatic rings. The van der Waals surface area contributed by atoms with E-state index in [1.807, 2.05) is 38.1 Å². The van der Waals surface area contributed by atoms with Crippen LogP contribution in [0.5, 0.6) is 5.75 Å². The zero-order chi connectivity index (χ0) is 44.7. The number of nitrogens with zero attached hydrogens (tertiary/aromatic N) is 2. The number of Topliss-reactive ketones (excluding diaryl/α,β-unsaturated/α-hetero) is 1. The highest BCUT2D eigenvalue weighted by Crippen LogP contribution is 2.63. The number of benzene rings is 1. The van der Waals surface area contributed by atoms with Crippen LogP contribution in [0.1, 0.15) is 108 Å². The second kappa shape index (κ2) is 20.0. The van der Waals surface area contributed by atoms with Crippen LogP contribution < -0.4 is 4.74 Å². The number of rotatable bonds is 11. The Balaban J connectivity index is 1.14. The Kier molecular flexibility index (Phi) is 14.8. The van der Waals surface area contributed by atoms with Crippen molar-refractivity contribution in [2.24, 2.45) is 23.7 Å². The Morgan fingerprint density at radius 2 is 1.59 bits per heavy atom. The summed E-state index contributed by atoms with van der Waals surface area (Å²) in [6, 6.07) is 8.32. The molecule has 0 amide bonds. The second-order valence-electron chi connectivity index (χ2n) is 19.0. The third kappa shape index (κ3) is 9.32. The zero-order valence-electron chi connectivity index (χ0n) is 38.9. The summed E-state index contributed by atoms with van der Waals surface area (Å²) in [6.07, 6.45) is 5.17. The molecule has 348 valence electrons. The monoisotopic (exact) mass is 894 g/mol. The molecular formula is C49H70N2O11S. The van der Waals surface area contributed by atoms with Gasteiger partial charge in [0.05, 0.1) is 43.6 Å². The predicted octanol–water partition coefficient (Wildman–Crippen LogP) is 7.70. The highest BCUT2D eigenvalue weighted by atomic mass is 32.1. The second-order valence-corrected chi connectivity index (χ2v) is 20.0. The van der Waals surface area contributed by atoms with E-state index in [4.69, 9.17) is 47.6 Å². The molecule has 0 N–H and O–H groups in total. The highest BCUT2D eigenvalue weighted by Gasteiger charge is 2.57.